The number of carbonyl (C=O) groups is 2. The van der Waals surface area contributed by atoms with Gasteiger partial charge in [-0.1, -0.05) is 41.9 Å². The molecule has 0 aliphatic rings. The molecule has 0 atom stereocenters. The minimum Gasteiger partial charge on any atom is -0.482 e. The van der Waals surface area contributed by atoms with E-state index in [4.69, 9.17) is 21.1 Å². The number of aryl methyl sites for hydroxylation is 2. The second-order valence-corrected chi connectivity index (χ2v) is 6.73. The molecule has 142 valence electrons. The molecule has 4 nitrogen and oxygen atoms in total. The number of ether oxygens (including phenoxy) is 2. The Morgan fingerprint density at radius 3 is 2.00 bits per heavy atom. The van der Waals surface area contributed by atoms with Gasteiger partial charge in [-0.15, -0.1) is 0 Å². The van der Waals surface area contributed by atoms with Gasteiger partial charge in [0.2, 0.25) is 0 Å². The summed E-state index contributed by atoms with van der Waals surface area (Å²) in [5, 5.41) is 0.681. The van der Waals surface area contributed by atoms with Crippen LogP contribution in [0, 0.1) is 13.8 Å². The van der Waals surface area contributed by atoms with Crippen molar-refractivity contribution in [3.05, 3.63) is 94.0 Å². The fourth-order valence-electron chi connectivity index (χ4n) is 2.72. The van der Waals surface area contributed by atoms with Crippen LogP contribution in [0.25, 0.3) is 0 Å². The summed E-state index contributed by atoms with van der Waals surface area (Å²) in [6.45, 7) is 3.52. The van der Waals surface area contributed by atoms with Crippen LogP contribution >= 0.6 is 11.6 Å². The van der Waals surface area contributed by atoms with E-state index < -0.39 is 5.97 Å². The minimum absolute atomic E-state index is 0.0877. The summed E-state index contributed by atoms with van der Waals surface area (Å²) in [4.78, 5) is 24.4. The Bertz CT molecular complexity index is 972. The molecule has 3 aromatic carbocycles. The molecule has 0 bridgehead atoms. The molecule has 0 fully saturated rings. The third-order valence-electron chi connectivity index (χ3n) is 4.15. The zero-order valence-corrected chi connectivity index (χ0v) is 16.3. The summed E-state index contributed by atoms with van der Waals surface area (Å²) >= 11 is 6.12. The molecule has 0 amide bonds. The zero-order chi connectivity index (χ0) is 20.1. The van der Waals surface area contributed by atoms with Crippen molar-refractivity contribution in [3.8, 4) is 11.5 Å². The van der Waals surface area contributed by atoms with Crippen LogP contribution in [0.15, 0.2) is 66.7 Å². The van der Waals surface area contributed by atoms with Crippen LogP contribution in [-0.2, 0) is 4.79 Å². The highest BCUT2D eigenvalue weighted by molar-refractivity contribution is 6.32. The van der Waals surface area contributed by atoms with Crippen molar-refractivity contribution in [2.24, 2.45) is 0 Å². The Balaban J connectivity index is 1.58. The van der Waals surface area contributed by atoms with Gasteiger partial charge < -0.3 is 9.47 Å². The van der Waals surface area contributed by atoms with Crippen LogP contribution in [0.3, 0.4) is 0 Å². The van der Waals surface area contributed by atoms with Crippen molar-refractivity contribution in [1.29, 1.82) is 0 Å². The standard InChI is InChI=1S/C23H19ClO4/c1-15-12-20(13-16(2)22(15)24)27-14-21(25)28-19-10-8-18(9-11-19)23(26)17-6-4-3-5-7-17/h3-13H,14H2,1-2H3. The summed E-state index contributed by atoms with van der Waals surface area (Å²) in [6, 6.07) is 19.0. The zero-order valence-electron chi connectivity index (χ0n) is 15.6. The molecule has 0 heterocycles. The average Bonchev–Trinajstić information content (AvgIpc) is 2.71. The van der Waals surface area contributed by atoms with Gasteiger partial charge >= 0.3 is 5.97 Å². The number of carbonyl (C=O) groups excluding carboxylic acids is 2. The van der Waals surface area contributed by atoms with Crippen molar-refractivity contribution < 1.29 is 19.1 Å². The van der Waals surface area contributed by atoms with Crippen molar-refractivity contribution in [1.82, 2.24) is 0 Å². The highest BCUT2D eigenvalue weighted by Crippen LogP contribution is 2.26. The lowest BCUT2D eigenvalue weighted by atomic mass is 10.0. The number of halogens is 1. The topological polar surface area (TPSA) is 52.6 Å². The van der Waals surface area contributed by atoms with E-state index >= 15 is 0 Å². The molecule has 0 spiro atoms. The highest BCUT2D eigenvalue weighted by atomic mass is 35.5. The number of esters is 1. The summed E-state index contributed by atoms with van der Waals surface area (Å²) in [5.74, 6) is 0.282. The summed E-state index contributed by atoms with van der Waals surface area (Å²) in [5.41, 5.74) is 2.89. The van der Waals surface area contributed by atoms with Crippen LogP contribution < -0.4 is 9.47 Å². The first kappa shape index (κ1) is 19.6. The lowest BCUT2D eigenvalue weighted by Crippen LogP contribution is -2.17. The monoisotopic (exact) mass is 394 g/mol. The molecule has 0 unspecified atom stereocenters. The summed E-state index contributed by atoms with van der Waals surface area (Å²) in [7, 11) is 0. The largest absolute Gasteiger partial charge is 0.482 e. The second-order valence-electron chi connectivity index (χ2n) is 6.35. The van der Waals surface area contributed by atoms with Crippen LogP contribution in [-0.4, -0.2) is 18.4 Å². The minimum atomic E-state index is -0.535. The normalized spacial score (nSPS) is 10.4. The van der Waals surface area contributed by atoms with Crippen LogP contribution in [0.4, 0.5) is 0 Å². The molecule has 0 N–H and O–H groups in total. The van der Waals surface area contributed by atoms with Crippen molar-refractivity contribution in [2.45, 2.75) is 13.8 Å². The van der Waals surface area contributed by atoms with E-state index in [2.05, 4.69) is 0 Å². The van der Waals surface area contributed by atoms with Crippen molar-refractivity contribution >= 4 is 23.4 Å². The molecule has 3 aromatic rings. The number of benzene rings is 3. The molecule has 28 heavy (non-hydrogen) atoms. The number of hydrogen-bond acceptors (Lipinski definition) is 4. The van der Waals surface area contributed by atoms with Crippen molar-refractivity contribution in [3.63, 3.8) is 0 Å². The van der Waals surface area contributed by atoms with E-state index in [1.54, 1.807) is 48.5 Å². The van der Waals surface area contributed by atoms with Gasteiger partial charge in [0.25, 0.3) is 0 Å². The molecule has 5 heteroatoms. The fourth-order valence-corrected chi connectivity index (χ4v) is 2.83. The van der Waals surface area contributed by atoms with Gasteiger partial charge in [-0.3, -0.25) is 4.79 Å². The van der Waals surface area contributed by atoms with Gasteiger partial charge in [0.15, 0.2) is 12.4 Å². The van der Waals surface area contributed by atoms with Crippen molar-refractivity contribution in [2.75, 3.05) is 6.61 Å². The third kappa shape index (κ3) is 4.78. The summed E-state index contributed by atoms with van der Waals surface area (Å²) in [6.07, 6.45) is 0. The van der Waals surface area contributed by atoms with Gasteiger partial charge in [-0.05, 0) is 61.4 Å². The van der Waals surface area contributed by atoms with Gasteiger partial charge in [0, 0.05) is 16.1 Å². The Labute approximate surface area is 168 Å². The number of rotatable bonds is 6. The maximum Gasteiger partial charge on any atom is 0.349 e. The first-order chi connectivity index (χ1) is 13.4. The summed E-state index contributed by atoms with van der Waals surface area (Å²) < 4.78 is 10.7. The van der Waals surface area contributed by atoms with E-state index in [0.717, 1.165) is 11.1 Å². The molecular formula is C23H19ClO4. The molecule has 0 saturated heterocycles. The maximum absolute atomic E-state index is 12.4. The predicted molar refractivity (Wildman–Crippen MR) is 108 cm³/mol. The predicted octanol–water partition coefficient (Wildman–Crippen LogP) is 5.17. The molecule has 0 radical (unpaired) electrons. The molecule has 0 aromatic heterocycles. The quantitative estimate of drug-likeness (QED) is 0.328. The highest BCUT2D eigenvalue weighted by Gasteiger charge is 2.11. The van der Waals surface area contributed by atoms with Gasteiger partial charge in [0.1, 0.15) is 11.5 Å². The third-order valence-corrected chi connectivity index (χ3v) is 4.75. The van der Waals surface area contributed by atoms with E-state index in [1.165, 1.54) is 0 Å². The van der Waals surface area contributed by atoms with Crippen LogP contribution in [0.1, 0.15) is 27.0 Å². The van der Waals surface area contributed by atoms with Gasteiger partial charge in [0.05, 0.1) is 0 Å². The van der Waals surface area contributed by atoms with Crippen LogP contribution in [0.2, 0.25) is 5.02 Å². The molecular weight excluding hydrogens is 376 g/mol. The average molecular weight is 395 g/mol. The lowest BCUT2D eigenvalue weighted by molar-refractivity contribution is -0.136. The van der Waals surface area contributed by atoms with Crippen LogP contribution in [0.5, 0.6) is 11.5 Å². The fraction of sp³-hybridized carbons (Fsp3) is 0.130. The molecule has 3 rings (SSSR count). The van der Waals surface area contributed by atoms with Gasteiger partial charge in [-0.2, -0.15) is 0 Å². The first-order valence-corrected chi connectivity index (χ1v) is 9.12. The number of hydrogen-bond donors (Lipinski definition) is 0. The van der Waals surface area contributed by atoms with E-state index in [1.807, 2.05) is 32.0 Å². The molecule has 0 aliphatic carbocycles. The maximum atomic E-state index is 12.4. The Kier molecular flexibility index (Phi) is 6.12. The number of ketones is 1. The first-order valence-electron chi connectivity index (χ1n) is 8.74. The van der Waals surface area contributed by atoms with E-state index in [-0.39, 0.29) is 12.4 Å². The second kappa shape index (κ2) is 8.72. The lowest BCUT2D eigenvalue weighted by Gasteiger charge is -2.10. The SMILES string of the molecule is Cc1cc(OCC(=O)Oc2ccc(C(=O)c3ccccc3)cc2)cc(C)c1Cl. The Hall–Kier alpha value is -3.11. The molecule has 0 aliphatic heterocycles. The van der Waals surface area contributed by atoms with E-state index in [9.17, 15) is 9.59 Å². The molecule has 0 saturated carbocycles. The Morgan fingerprint density at radius 2 is 1.39 bits per heavy atom. The van der Waals surface area contributed by atoms with Gasteiger partial charge in [-0.25, -0.2) is 4.79 Å². The van der Waals surface area contributed by atoms with E-state index in [0.29, 0.717) is 27.6 Å². The smallest absolute Gasteiger partial charge is 0.349 e. The Morgan fingerprint density at radius 1 is 0.821 bits per heavy atom.